The van der Waals surface area contributed by atoms with Crippen molar-refractivity contribution in [3.63, 3.8) is 0 Å². The number of hydrogen-bond donors (Lipinski definition) is 0. The fourth-order valence-corrected chi connectivity index (χ4v) is 2.40. The number of fused-ring (bicyclic) bond motifs is 1. The van der Waals surface area contributed by atoms with Crippen LogP contribution in [0.15, 0.2) is 36.4 Å². The highest BCUT2D eigenvalue weighted by Crippen LogP contribution is 2.29. The van der Waals surface area contributed by atoms with Gasteiger partial charge in [0.05, 0.1) is 7.11 Å². The maximum atomic E-state index is 5.25. The van der Waals surface area contributed by atoms with Gasteiger partial charge in [-0.15, -0.1) is 0 Å². The molecule has 0 saturated carbocycles. The molecule has 0 spiro atoms. The Labute approximate surface area is 110 Å². The summed E-state index contributed by atoms with van der Waals surface area (Å²) in [6, 6.07) is 12.8. The summed E-state index contributed by atoms with van der Waals surface area (Å²) in [5, 5.41) is 2.60. The van der Waals surface area contributed by atoms with E-state index in [0.29, 0.717) is 5.92 Å². The SMILES string of the molecule is COc1ccc2c(C(C)CI)cccc2c1. The molecule has 0 bridgehead atoms. The maximum absolute atomic E-state index is 5.25. The van der Waals surface area contributed by atoms with Gasteiger partial charge in [0.15, 0.2) is 0 Å². The number of methoxy groups -OCH3 is 1. The zero-order valence-corrected chi connectivity index (χ0v) is 11.7. The Morgan fingerprint density at radius 3 is 2.75 bits per heavy atom. The van der Waals surface area contributed by atoms with Crippen LogP contribution >= 0.6 is 22.6 Å². The first kappa shape index (κ1) is 11.7. The van der Waals surface area contributed by atoms with Gasteiger partial charge in [-0.2, -0.15) is 0 Å². The van der Waals surface area contributed by atoms with Crippen LogP contribution in [0.1, 0.15) is 18.4 Å². The number of rotatable bonds is 3. The van der Waals surface area contributed by atoms with Crippen molar-refractivity contribution >= 4 is 33.4 Å². The Hall–Kier alpha value is -0.770. The van der Waals surface area contributed by atoms with Crippen LogP contribution in [0.2, 0.25) is 0 Å². The van der Waals surface area contributed by atoms with Gasteiger partial charge in [-0.3, -0.25) is 0 Å². The quantitative estimate of drug-likeness (QED) is 0.600. The third kappa shape index (κ3) is 2.17. The van der Waals surface area contributed by atoms with Gasteiger partial charge in [-0.25, -0.2) is 0 Å². The Morgan fingerprint density at radius 2 is 2.06 bits per heavy atom. The van der Waals surface area contributed by atoms with Crippen molar-refractivity contribution in [2.24, 2.45) is 0 Å². The van der Waals surface area contributed by atoms with Gasteiger partial charge < -0.3 is 4.74 Å². The lowest BCUT2D eigenvalue weighted by molar-refractivity contribution is 0.415. The lowest BCUT2D eigenvalue weighted by atomic mass is 9.96. The number of halogens is 1. The predicted molar refractivity (Wildman–Crippen MR) is 77.8 cm³/mol. The van der Waals surface area contributed by atoms with Crippen molar-refractivity contribution in [3.8, 4) is 5.75 Å². The molecule has 0 fully saturated rings. The molecule has 2 aromatic rings. The van der Waals surface area contributed by atoms with Crippen molar-refractivity contribution in [2.75, 3.05) is 11.5 Å². The largest absolute Gasteiger partial charge is 0.497 e. The molecule has 0 N–H and O–H groups in total. The van der Waals surface area contributed by atoms with Crippen LogP contribution in [0, 0.1) is 0 Å². The standard InChI is InChI=1S/C14H15IO/c1-10(9-15)13-5-3-4-11-8-12(16-2)6-7-14(11)13/h3-8,10H,9H2,1-2H3. The van der Waals surface area contributed by atoms with Crippen LogP contribution < -0.4 is 4.74 Å². The minimum absolute atomic E-state index is 0.595. The smallest absolute Gasteiger partial charge is 0.119 e. The molecule has 0 saturated heterocycles. The van der Waals surface area contributed by atoms with Crippen molar-refractivity contribution in [3.05, 3.63) is 42.0 Å². The summed E-state index contributed by atoms with van der Waals surface area (Å²) in [5.41, 5.74) is 1.43. The molecule has 1 atom stereocenters. The van der Waals surface area contributed by atoms with Gasteiger partial charge >= 0.3 is 0 Å². The molecule has 0 aliphatic carbocycles. The Bertz CT molecular complexity index is 493. The van der Waals surface area contributed by atoms with Gasteiger partial charge in [0, 0.05) is 4.43 Å². The van der Waals surface area contributed by atoms with Crippen LogP contribution in [0.5, 0.6) is 5.75 Å². The van der Waals surface area contributed by atoms with E-state index >= 15 is 0 Å². The highest BCUT2D eigenvalue weighted by Gasteiger charge is 2.08. The number of hydrogen-bond acceptors (Lipinski definition) is 1. The molecule has 0 heterocycles. The Morgan fingerprint density at radius 1 is 1.25 bits per heavy atom. The monoisotopic (exact) mass is 326 g/mol. The topological polar surface area (TPSA) is 9.23 Å². The molecule has 2 aromatic carbocycles. The molecule has 2 rings (SSSR count). The fourth-order valence-electron chi connectivity index (χ4n) is 1.93. The van der Waals surface area contributed by atoms with E-state index in [1.165, 1.54) is 16.3 Å². The third-order valence-electron chi connectivity index (χ3n) is 2.88. The molecule has 0 aliphatic heterocycles. The van der Waals surface area contributed by atoms with Crippen LogP contribution in [0.3, 0.4) is 0 Å². The molecule has 0 aliphatic rings. The molecule has 84 valence electrons. The minimum atomic E-state index is 0.595. The number of benzene rings is 2. The molecular formula is C14H15IO. The first-order chi connectivity index (χ1) is 7.76. The van der Waals surface area contributed by atoms with Gasteiger partial charge in [0.1, 0.15) is 5.75 Å². The number of ether oxygens (including phenoxy) is 1. The summed E-state index contributed by atoms with van der Waals surface area (Å²) in [4.78, 5) is 0. The van der Waals surface area contributed by atoms with Crippen molar-refractivity contribution in [1.29, 1.82) is 0 Å². The minimum Gasteiger partial charge on any atom is -0.497 e. The maximum Gasteiger partial charge on any atom is 0.119 e. The zero-order valence-electron chi connectivity index (χ0n) is 9.53. The molecular weight excluding hydrogens is 311 g/mol. The lowest BCUT2D eigenvalue weighted by Crippen LogP contribution is -1.95. The van der Waals surface area contributed by atoms with Gasteiger partial charge in [-0.1, -0.05) is 53.8 Å². The summed E-state index contributed by atoms with van der Waals surface area (Å²) in [6.07, 6.45) is 0. The average Bonchev–Trinajstić information content (AvgIpc) is 2.36. The van der Waals surface area contributed by atoms with Crippen LogP contribution in [-0.2, 0) is 0 Å². The second kappa shape index (κ2) is 5.04. The summed E-state index contributed by atoms with van der Waals surface area (Å²) in [7, 11) is 1.71. The Balaban J connectivity index is 2.60. The Kier molecular flexibility index (Phi) is 3.69. The predicted octanol–water partition coefficient (Wildman–Crippen LogP) is 4.39. The van der Waals surface area contributed by atoms with E-state index in [9.17, 15) is 0 Å². The average molecular weight is 326 g/mol. The van der Waals surface area contributed by atoms with Gasteiger partial charge in [0.25, 0.3) is 0 Å². The van der Waals surface area contributed by atoms with Crippen molar-refractivity contribution < 1.29 is 4.74 Å². The first-order valence-electron chi connectivity index (χ1n) is 5.39. The summed E-state index contributed by atoms with van der Waals surface area (Å²) in [6.45, 7) is 2.27. The highest BCUT2D eigenvalue weighted by atomic mass is 127. The van der Waals surface area contributed by atoms with E-state index in [1.807, 2.05) is 6.07 Å². The van der Waals surface area contributed by atoms with E-state index in [4.69, 9.17) is 4.74 Å². The zero-order chi connectivity index (χ0) is 11.5. The molecule has 2 heteroatoms. The molecule has 0 aromatic heterocycles. The van der Waals surface area contributed by atoms with Crippen LogP contribution in [0.25, 0.3) is 10.8 Å². The van der Waals surface area contributed by atoms with E-state index in [-0.39, 0.29) is 0 Å². The van der Waals surface area contributed by atoms with Crippen molar-refractivity contribution in [1.82, 2.24) is 0 Å². The molecule has 0 radical (unpaired) electrons. The summed E-state index contributed by atoms with van der Waals surface area (Å²) < 4.78 is 6.39. The second-order valence-corrected chi connectivity index (χ2v) is 4.87. The summed E-state index contributed by atoms with van der Waals surface area (Å²) >= 11 is 2.44. The highest BCUT2D eigenvalue weighted by molar-refractivity contribution is 14.1. The molecule has 1 nitrogen and oxygen atoms in total. The van der Waals surface area contributed by atoms with Crippen LogP contribution in [0.4, 0.5) is 0 Å². The molecule has 0 amide bonds. The van der Waals surface area contributed by atoms with E-state index in [2.05, 4.69) is 59.8 Å². The first-order valence-corrected chi connectivity index (χ1v) is 6.91. The summed E-state index contributed by atoms with van der Waals surface area (Å²) in [5.74, 6) is 1.52. The van der Waals surface area contributed by atoms with Gasteiger partial charge in [0.2, 0.25) is 0 Å². The van der Waals surface area contributed by atoms with Crippen LogP contribution in [-0.4, -0.2) is 11.5 Å². The van der Waals surface area contributed by atoms with E-state index in [0.717, 1.165) is 10.2 Å². The normalized spacial score (nSPS) is 12.7. The van der Waals surface area contributed by atoms with Gasteiger partial charge in [-0.05, 0) is 34.4 Å². The lowest BCUT2D eigenvalue weighted by Gasteiger charge is -2.12. The fraction of sp³-hybridized carbons (Fsp3) is 0.286. The van der Waals surface area contributed by atoms with Crippen molar-refractivity contribution in [2.45, 2.75) is 12.8 Å². The number of alkyl halides is 1. The second-order valence-electron chi connectivity index (χ2n) is 3.99. The molecule has 16 heavy (non-hydrogen) atoms. The van der Waals surface area contributed by atoms with E-state index < -0.39 is 0 Å². The molecule has 1 unspecified atom stereocenters. The third-order valence-corrected chi connectivity index (χ3v) is 4.20. The van der Waals surface area contributed by atoms with E-state index in [1.54, 1.807) is 7.11 Å².